The molecule has 6 heteroatoms. The molecule has 3 spiro atoms. The fourth-order valence-corrected chi connectivity index (χ4v) is 8.44. The summed E-state index contributed by atoms with van der Waals surface area (Å²) in [5.74, 6) is -2.59. The minimum Gasteiger partial charge on any atom is -0.500 e. The van der Waals surface area contributed by atoms with Crippen LogP contribution in [0.1, 0.15) is 0 Å². The van der Waals surface area contributed by atoms with Gasteiger partial charge in [0.25, 0.3) is 0 Å². The Morgan fingerprint density at radius 1 is 0.929 bits per heavy atom. The average molecular weight is 376 g/mol. The van der Waals surface area contributed by atoms with Crippen LogP contribution < -0.4 is 0 Å². The zero-order valence-electron chi connectivity index (χ0n) is 15.2. The van der Waals surface area contributed by atoms with E-state index >= 15 is 0 Å². The first-order chi connectivity index (χ1) is 13.4. The van der Waals surface area contributed by atoms with Gasteiger partial charge < -0.3 is 9.47 Å². The Balaban J connectivity index is 1.74. The molecule has 0 aromatic heterocycles. The predicted molar refractivity (Wildman–Crippen MR) is 92.2 cm³/mol. The molecule has 0 amide bonds. The van der Waals surface area contributed by atoms with Crippen molar-refractivity contribution in [1.29, 1.82) is 0 Å². The molecule has 0 bridgehead atoms. The predicted octanol–water partition coefficient (Wildman–Crippen LogP) is 0.941. The molecule has 0 saturated heterocycles. The molecule has 2 fully saturated rings. The topological polar surface area (TPSA) is 86.7 Å². The van der Waals surface area contributed by atoms with Gasteiger partial charge in [-0.05, 0) is 0 Å². The first kappa shape index (κ1) is 15.2. The van der Waals surface area contributed by atoms with Crippen LogP contribution in [0.4, 0.5) is 0 Å². The van der Waals surface area contributed by atoms with Gasteiger partial charge in [0.05, 0.1) is 30.5 Å². The van der Waals surface area contributed by atoms with Crippen molar-refractivity contribution in [2.24, 2.45) is 45.8 Å². The highest BCUT2D eigenvalue weighted by molar-refractivity contribution is 6.19. The molecule has 0 aliphatic heterocycles. The molecule has 28 heavy (non-hydrogen) atoms. The van der Waals surface area contributed by atoms with E-state index in [0.717, 1.165) is 0 Å². The SMILES string of the molecule is COC1=CC(=O)C2=CC3C4C(=O)C5C6C(=O)C4C=CC34C(=O)C=C(OC)C64C125. The third kappa shape index (κ3) is 0.929. The second-order valence-corrected chi connectivity index (χ2v) is 8.92. The molecule has 0 heterocycles. The van der Waals surface area contributed by atoms with E-state index in [1.807, 2.05) is 12.2 Å². The summed E-state index contributed by atoms with van der Waals surface area (Å²) in [4.78, 5) is 53.8. The van der Waals surface area contributed by atoms with E-state index < -0.39 is 45.8 Å². The van der Waals surface area contributed by atoms with Crippen LogP contribution in [0.15, 0.2) is 47.5 Å². The maximum absolute atomic E-state index is 13.7. The van der Waals surface area contributed by atoms with E-state index in [2.05, 4.69) is 0 Å². The summed E-state index contributed by atoms with van der Waals surface area (Å²) in [7, 11) is 2.96. The van der Waals surface area contributed by atoms with Crippen molar-refractivity contribution in [2.75, 3.05) is 14.2 Å². The molecule has 8 unspecified atom stereocenters. The minimum absolute atomic E-state index is 0.0112. The highest BCUT2D eigenvalue weighted by Crippen LogP contribution is 2.90. The molecule has 0 N–H and O–H groups in total. The van der Waals surface area contributed by atoms with Crippen molar-refractivity contribution in [3.8, 4) is 0 Å². The summed E-state index contributed by atoms with van der Waals surface area (Å²) in [5, 5.41) is 0. The normalized spacial score (nSPS) is 52.8. The number of hydrogen-bond donors (Lipinski definition) is 0. The number of Topliss-reactive ketones (excluding diaryl/α,β-unsaturated/α-hetero) is 2. The molecule has 0 aromatic rings. The zero-order chi connectivity index (χ0) is 19.4. The number of ether oxygens (including phenoxy) is 2. The molecule has 6 aliphatic rings. The van der Waals surface area contributed by atoms with Crippen molar-refractivity contribution in [3.05, 3.63) is 47.5 Å². The maximum atomic E-state index is 13.7. The highest BCUT2D eigenvalue weighted by atomic mass is 16.5. The Bertz CT molecular complexity index is 1120. The van der Waals surface area contributed by atoms with Gasteiger partial charge in [0, 0.05) is 47.3 Å². The van der Waals surface area contributed by atoms with Crippen LogP contribution in [0, 0.1) is 45.8 Å². The summed E-state index contributed by atoms with van der Waals surface area (Å²) in [5.41, 5.74) is -2.80. The molecule has 0 aromatic carbocycles. The van der Waals surface area contributed by atoms with E-state index in [-0.39, 0.29) is 23.1 Å². The lowest BCUT2D eigenvalue weighted by Crippen LogP contribution is -2.76. The number of rotatable bonds is 2. The largest absolute Gasteiger partial charge is 0.500 e. The van der Waals surface area contributed by atoms with Gasteiger partial charge in [0.15, 0.2) is 11.6 Å². The monoisotopic (exact) mass is 376 g/mol. The van der Waals surface area contributed by atoms with Gasteiger partial charge in [-0.25, -0.2) is 0 Å². The molecular weight excluding hydrogens is 360 g/mol. The van der Waals surface area contributed by atoms with Crippen LogP contribution in [0.5, 0.6) is 0 Å². The van der Waals surface area contributed by atoms with E-state index in [1.165, 1.54) is 26.4 Å². The number of carbonyl (C=O) groups excluding carboxylic acids is 4. The average Bonchev–Trinajstić information content (AvgIpc) is 3.02. The van der Waals surface area contributed by atoms with E-state index in [1.54, 1.807) is 6.08 Å². The summed E-state index contributed by atoms with van der Waals surface area (Å²) in [6, 6.07) is 0. The summed E-state index contributed by atoms with van der Waals surface area (Å²) in [6.07, 6.45) is 8.35. The van der Waals surface area contributed by atoms with Crippen molar-refractivity contribution < 1.29 is 28.7 Å². The molecule has 2 saturated carbocycles. The summed E-state index contributed by atoms with van der Waals surface area (Å²) >= 11 is 0. The third-order valence-corrected chi connectivity index (χ3v) is 8.86. The minimum atomic E-state index is -1.13. The number of fused-ring (bicyclic) bond motifs is 3. The van der Waals surface area contributed by atoms with Gasteiger partial charge in [-0.3, -0.25) is 19.2 Å². The van der Waals surface area contributed by atoms with Crippen molar-refractivity contribution in [2.45, 2.75) is 0 Å². The van der Waals surface area contributed by atoms with Gasteiger partial charge in [-0.2, -0.15) is 0 Å². The highest BCUT2D eigenvalue weighted by Gasteiger charge is 2.96. The Kier molecular flexibility index (Phi) is 2.09. The number of carbonyl (C=O) groups is 4. The lowest BCUT2D eigenvalue weighted by molar-refractivity contribution is -0.215. The molecule has 0 radical (unpaired) electrons. The molecular formula is C22H16O6. The van der Waals surface area contributed by atoms with E-state index in [4.69, 9.17) is 9.47 Å². The molecule has 8 atom stereocenters. The Morgan fingerprint density at radius 3 is 2.39 bits per heavy atom. The number of ketones is 4. The maximum Gasteiger partial charge on any atom is 0.185 e. The Labute approximate surface area is 159 Å². The second-order valence-electron chi connectivity index (χ2n) is 8.92. The Morgan fingerprint density at radius 2 is 1.68 bits per heavy atom. The van der Waals surface area contributed by atoms with Crippen LogP contribution >= 0.6 is 0 Å². The standard InChI is InChI=1S/C22H16O6/c1-27-13-6-11(23)9-5-10-15-8-3-4-20(10)12(24)7-14(28-2)22(20)17(18(8)25)16(19(15)26)21(9,13)22/h3-8,10,15-17H,1-2H3. The second kappa shape index (κ2) is 3.86. The zero-order valence-corrected chi connectivity index (χ0v) is 15.2. The lowest BCUT2D eigenvalue weighted by atomic mass is 9.28. The summed E-state index contributed by atoms with van der Waals surface area (Å²) < 4.78 is 11.4. The van der Waals surface area contributed by atoms with Crippen molar-refractivity contribution >= 4 is 23.1 Å². The van der Waals surface area contributed by atoms with Crippen LogP contribution in [-0.4, -0.2) is 37.4 Å². The van der Waals surface area contributed by atoms with Gasteiger partial charge in [0.1, 0.15) is 23.1 Å². The molecule has 140 valence electrons. The Hall–Kier alpha value is -2.76. The van der Waals surface area contributed by atoms with Crippen LogP contribution in [0.2, 0.25) is 0 Å². The number of allylic oxidation sites excluding steroid dienone is 7. The fraction of sp³-hybridized carbons (Fsp3) is 0.455. The van der Waals surface area contributed by atoms with Crippen molar-refractivity contribution in [1.82, 2.24) is 0 Å². The number of methoxy groups -OCH3 is 2. The molecule has 6 nitrogen and oxygen atoms in total. The van der Waals surface area contributed by atoms with Crippen LogP contribution in [0.3, 0.4) is 0 Å². The van der Waals surface area contributed by atoms with Gasteiger partial charge >= 0.3 is 0 Å². The van der Waals surface area contributed by atoms with E-state index in [0.29, 0.717) is 17.1 Å². The smallest absolute Gasteiger partial charge is 0.185 e. The van der Waals surface area contributed by atoms with Gasteiger partial charge in [0.2, 0.25) is 0 Å². The first-order valence-electron chi connectivity index (χ1n) is 9.54. The quantitative estimate of drug-likeness (QED) is 0.667. The molecule has 6 aliphatic carbocycles. The van der Waals surface area contributed by atoms with Crippen LogP contribution in [-0.2, 0) is 28.7 Å². The molecule has 6 rings (SSSR count). The van der Waals surface area contributed by atoms with Gasteiger partial charge in [-0.15, -0.1) is 0 Å². The summed E-state index contributed by atoms with van der Waals surface area (Å²) in [6.45, 7) is 0. The number of hydrogen-bond acceptors (Lipinski definition) is 6. The lowest BCUT2D eigenvalue weighted by Gasteiger charge is -2.70. The van der Waals surface area contributed by atoms with Gasteiger partial charge in [-0.1, -0.05) is 18.2 Å². The first-order valence-corrected chi connectivity index (χ1v) is 9.54. The van der Waals surface area contributed by atoms with E-state index in [9.17, 15) is 19.2 Å². The fourth-order valence-electron chi connectivity index (χ4n) is 8.44. The third-order valence-electron chi connectivity index (χ3n) is 8.86. The van der Waals surface area contributed by atoms with Crippen molar-refractivity contribution in [3.63, 3.8) is 0 Å². The van der Waals surface area contributed by atoms with Crippen LogP contribution in [0.25, 0.3) is 0 Å².